The standard InChI is InChI=1S/C9H6N2O.C8H5BrN2/c12-5-7-1-2-9-8(3-7)4-10-6-11-9;9-7-1-2-8-6(3-7)4-10-5-11-8/h1-6H;1-5H. The zero-order chi connectivity index (χ0) is 16.1. The molecule has 0 aliphatic carbocycles. The number of fused-ring (bicyclic) bond motifs is 2. The maximum atomic E-state index is 10.4. The number of hydrogen-bond acceptors (Lipinski definition) is 5. The molecule has 0 saturated heterocycles. The molecule has 112 valence electrons. The summed E-state index contributed by atoms with van der Waals surface area (Å²) in [5, 5.41) is 1.95. The van der Waals surface area contributed by atoms with Crippen LogP contribution >= 0.6 is 15.9 Å². The van der Waals surface area contributed by atoms with Crippen molar-refractivity contribution in [2.75, 3.05) is 0 Å². The summed E-state index contributed by atoms with van der Waals surface area (Å²) >= 11 is 3.38. The van der Waals surface area contributed by atoms with Crippen LogP contribution in [-0.2, 0) is 0 Å². The van der Waals surface area contributed by atoms with E-state index in [1.165, 1.54) is 6.33 Å². The molecule has 2 aromatic heterocycles. The van der Waals surface area contributed by atoms with Crippen molar-refractivity contribution >= 4 is 44.0 Å². The van der Waals surface area contributed by atoms with Gasteiger partial charge in [0.1, 0.15) is 18.9 Å². The van der Waals surface area contributed by atoms with Gasteiger partial charge in [0.25, 0.3) is 0 Å². The van der Waals surface area contributed by atoms with Crippen LogP contribution < -0.4 is 0 Å². The third-order valence-corrected chi connectivity index (χ3v) is 3.62. The highest BCUT2D eigenvalue weighted by molar-refractivity contribution is 9.10. The largest absolute Gasteiger partial charge is 0.298 e. The Labute approximate surface area is 140 Å². The van der Waals surface area contributed by atoms with Crippen LogP contribution in [0.1, 0.15) is 10.4 Å². The van der Waals surface area contributed by atoms with E-state index in [0.717, 1.165) is 32.6 Å². The van der Waals surface area contributed by atoms with Crippen LogP contribution in [0.3, 0.4) is 0 Å². The number of carbonyl (C=O) groups excluding carboxylic acids is 1. The van der Waals surface area contributed by atoms with Crippen molar-refractivity contribution < 1.29 is 4.79 Å². The second kappa shape index (κ2) is 7.02. The molecule has 0 atom stereocenters. The van der Waals surface area contributed by atoms with Crippen LogP contribution in [0.15, 0.2) is 65.9 Å². The zero-order valence-corrected chi connectivity index (χ0v) is 13.5. The molecule has 0 aliphatic heterocycles. The monoisotopic (exact) mass is 366 g/mol. The molecule has 4 aromatic rings. The molecule has 23 heavy (non-hydrogen) atoms. The fourth-order valence-electron chi connectivity index (χ4n) is 2.03. The van der Waals surface area contributed by atoms with E-state index in [0.29, 0.717) is 5.56 Å². The van der Waals surface area contributed by atoms with E-state index in [1.807, 2.05) is 18.2 Å². The average Bonchev–Trinajstić information content (AvgIpc) is 2.61. The summed E-state index contributed by atoms with van der Waals surface area (Å²) in [4.78, 5) is 26.3. The van der Waals surface area contributed by atoms with Crippen molar-refractivity contribution in [1.29, 1.82) is 0 Å². The molecule has 0 amide bonds. The molecule has 2 aromatic carbocycles. The highest BCUT2D eigenvalue weighted by Gasteiger charge is 1.95. The summed E-state index contributed by atoms with van der Waals surface area (Å²) in [6, 6.07) is 11.2. The van der Waals surface area contributed by atoms with Gasteiger partial charge in [0.15, 0.2) is 0 Å². The SMILES string of the molecule is Brc1ccc2ncncc2c1.O=Cc1ccc2ncncc2c1. The van der Waals surface area contributed by atoms with Crippen LogP contribution in [0, 0.1) is 0 Å². The van der Waals surface area contributed by atoms with Crippen LogP contribution in [-0.4, -0.2) is 26.2 Å². The Morgan fingerprint density at radius 2 is 1.43 bits per heavy atom. The van der Waals surface area contributed by atoms with E-state index < -0.39 is 0 Å². The highest BCUT2D eigenvalue weighted by Crippen LogP contribution is 2.16. The number of benzene rings is 2. The number of rotatable bonds is 1. The fourth-order valence-corrected chi connectivity index (χ4v) is 2.41. The van der Waals surface area contributed by atoms with Crippen LogP contribution in [0.5, 0.6) is 0 Å². The number of hydrogen-bond donors (Lipinski definition) is 0. The minimum Gasteiger partial charge on any atom is -0.298 e. The first kappa shape index (κ1) is 15.2. The average molecular weight is 367 g/mol. The van der Waals surface area contributed by atoms with E-state index in [-0.39, 0.29) is 0 Å². The molecule has 6 heteroatoms. The predicted octanol–water partition coefficient (Wildman–Crippen LogP) is 3.83. The number of aldehydes is 1. The number of nitrogens with zero attached hydrogens (tertiary/aromatic N) is 4. The molecular formula is C17H11BrN4O. The minimum atomic E-state index is 0.650. The van der Waals surface area contributed by atoms with Gasteiger partial charge in [-0.3, -0.25) is 4.79 Å². The van der Waals surface area contributed by atoms with E-state index in [9.17, 15) is 4.79 Å². The summed E-state index contributed by atoms with van der Waals surface area (Å²) in [7, 11) is 0. The van der Waals surface area contributed by atoms with Crippen molar-refractivity contribution in [1.82, 2.24) is 19.9 Å². The minimum absolute atomic E-state index is 0.650. The van der Waals surface area contributed by atoms with Gasteiger partial charge in [-0.25, -0.2) is 19.9 Å². The Hall–Kier alpha value is -2.73. The first-order valence-corrected chi connectivity index (χ1v) is 7.56. The van der Waals surface area contributed by atoms with Crippen LogP contribution in [0.25, 0.3) is 21.8 Å². The maximum Gasteiger partial charge on any atom is 0.150 e. The Kier molecular flexibility index (Phi) is 4.63. The van der Waals surface area contributed by atoms with Gasteiger partial charge in [-0.05, 0) is 36.4 Å². The topological polar surface area (TPSA) is 68.6 Å². The summed E-state index contributed by atoms with van der Waals surface area (Å²) < 4.78 is 1.06. The van der Waals surface area contributed by atoms with E-state index >= 15 is 0 Å². The van der Waals surface area contributed by atoms with Gasteiger partial charge >= 0.3 is 0 Å². The van der Waals surface area contributed by atoms with Gasteiger partial charge in [-0.15, -0.1) is 0 Å². The molecule has 0 N–H and O–H groups in total. The molecule has 5 nitrogen and oxygen atoms in total. The van der Waals surface area contributed by atoms with Crippen LogP contribution in [0.4, 0.5) is 0 Å². The van der Waals surface area contributed by atoms with Gasteiger partial charge in [0.05, 0.1) is 11.0 Å². The first-order valence-electron chi connectivity index (χ1n) is 6.76. The smallest absolute Gasteiger partial charge is 0.150 e. The lowest BCUT2D eigenvalue weighted by atomic mass is 10.2. The number of carbonyl (C=O) groups is 1. The van der Waals surface area contributed by atoms with Crippen molar-refractivity contribution in [2.45, 2.75) is 0 Å². The first-order chi connectivity index (χ1) is 11.3. The summed E-state index contributed by atoms with van der Waals surface area (Å²) in [5.41, 5.74) is 2.48. The second-order valence-electron chi connectivity index (χ2n) is 4.68. The third kappa shape index (κ3) is 3.73. The molecule has 0 saturated carbocycles. The van der Waals surface area contributed by atoms with Crippen LogP contribution in [0.2, 0.25) is 0 Å². The van der Waals surface area contributed by atoms with Crippen molar-refractivity contribution in [3.8, 4) is 0 Å². The second-order valence-corrected chi connectivity index (χ2v) is 5.60. The number of halogens is 1. The Morgan fingerprint density at radius 3 is 2.09 bits per heavy atom. The fraction of sp³-hybridized carbons (Fsp3) is 0. The molecule has 0 radical (unpaired) electrons. The molecule has 0 unspecified atom stereocenters. The molecule has 0 fully saturated rings. The van der Waals surface area contributed by atoms with Crippen molar-refractivity contribution in [3.05, 3.63) is 71.5 Å². The van der Waals surface area contributed by atoms with E-state index in [2.05, 4.69) is 35.9 Å². The maximum absolute atomic E-state index is 10.4. The van der Waals surface area contributed by atoms with Gasteiger partial charge < -0.3 is 0 Å². The van der Waals surface area contributed by atoms with Gasteiger partial charge in [0.2, 0.25) is 0 Å². The lowest BCUT2D eigenvalue weighted by molar-refractivity contribution is 0.112. The Bertz CT molecular complexity index is 974. The van der Waals surface area contributed by atoms with Gasteiger partial charge in [-0.2, -0.15) is 0 Å². The molecular weight excluding hydrogens is 356 g/mol. The normalized spacial score (nSPS) is 10.1. The summed E-state index contributed by atoms with van der Waals surface area (Å²) in [6.07, 6.45) is 7.34. The zero-order valence-electron chi connectivity index (χ0n) is 11.9. The highest BCUT2D eigenvalue weighted by atomic mass is 79.9. The van der Waals surface area contributed by atoms with Gasteiger partial charge in [-0.1, -0.05) is 15.9 Å². The van der Waals surface area contributed by atoms with Gasteiger partial charge in [0, 0.05) is 33.2 Å². The van der Waals surface area contributed by atoms with E-state index in [1.54, 1.807) is 36.9 Å². The molecule has 4 rings (SSSR count). The molecule has 2 heterocycles. The Balaban J connectivity index is 0.000000136. The predicted molar refractivity (Wildman–Crippen MR) is 92.2 cm³/mol. The Morgan fingerprint density at radius 1 is 0.826 bits per heavy atom. The van der Waals surface area contributed by atoms with Crippen molar-refractivity contribution in [3.63, 3.8) is 0 Å². The number of aromatic nitrogens is 4. The molecule has 0 aliphatic rings. The van der Waals surface area contributed by atoms with Crippen molar-refractivity contribution in [2.24, 2.45) is 0 Å². The lowest BCUT2D eigenvalue weighted by Gasteiger charge is -1.94. The molecule has 0 bridgehead atoms. The summed E-state index contributed by atoms with van der Waals surface area (Å²) in [5.74, 6) is 0. The van der Waals surface area contributed by atoms with E-state index in [4.69, 9.17) is 0 Å². The quantitative estimate of drug-likeness (QED) is 0.478. The third-order valence-electron chi connectivity index (χ3n) is 3.13. The molecule has 0 spiro atoms. The summed E-state index contributed by atoms with van der Waals surface area (Å²) in [6.45, 7) is 0. The lowest BCUT2D eigenvalue weighted by Crippen LogP contribution is -1.83.